The lowest BCUT2D eigenvalue weighted by molar-refractivity contribution is -0.229. The Bertz CT molecular complexity index is 342. The quantitative estimate of drug-likeness (QED) is 0.735. The van der Waals surface area contributed by atoms with E-state index in [9.17, 15) is 0 Å². The molecule has 0 aliphatic carbocycles. The number of hydrogen-bond acceptors (Lipinski definition) is 2. The summed E-state index contributed by atoms with van der Waals surface area (Å²) in [5, 5.41) is 0. The Labute approximate surface area is 91.2 Å². The highest BCUT2D eigenvalue weighted by Gasteiger charge is 2.37. The van der Waals surface area contributed by atoms with E-state index in [4.69, 9.17) is 9.47 Å². The Balaban J connectivity index is 2.37. The second-order valence-corrected chi connectivity index (χ2v) is 4.02. The minimum absolute atomic E-state index is 0.120. The lowest BCUT2D eigenvalue weighted by Crippen LogP contribution is -2.41. The van der Waals surface area contributed by atoms with Crippen LogP contribution in [0.5, 0.6) is 5.75 Å². The number of ether oxygens (including phenoxy) is 2. The third-order valence-corrected chi connectivity index (χ3v) is 3.12. The Hall–Kier alpha value is -1.02. The SMILES string of the molecule is CCC1(CC)Oc2ccccc2C(C)O1. The van der Waals surface area contributed by atoms with Gasteiger partial charge in [0, 0.05) is 18.4 Å². The van der Waals surface area contributed by atoms with Crippen LogP contribution in [0.2, 0.25) is 0 Å². The third-order valence-electron chi connectivity index (χ3n) is 3.12. The smallest absolute Gasteiger partial charge is 0.210 e. The van der Waals surface area contributed by atoms with Gasteiger partial charge in [-0.25, -0.2) is 0 Å². The second kappa shape index (κ2) is 3.86. The first-order valence-corrected chi connectivity index (χ1v) is 5.66. The molecule has 0 saturated heterocycles. The van der Waals surface area contributed by atoms with Crippen LogP contribution in [0.15, 0.2) is 24.3 Å². The fraction of sp³-hybridized carbons (Fsp3) is 0.538. The van der Waals surface area contributed by atoms with Gasteiger partial charge in [0.05, 0.1) is 6.10 Å². The highest BCUT2D eigenvalue weighted by molar-refractivity contribution is 5.36. The van der Waals surface area contributed by atoms with Gasteiger partial charge in [-0.05, 0) is 13.0 Å². The summed E-state index contributed by atoms with van der Waals surface area (Å²) in [6, 6.07) is 8.11. The molecule has 0 fully saturated rings. The van der Waals surface area contributed by atoms with Crippen molar-refractivity contribution in [3.63, 3.8) is 0 Å². The molecule has 15 heavy (non-hydrogen) atoms. The van der Waals surface area contributed by atoms with E-state index in [0.717, 1.165) is 24.2 Å². The van der Waals surface area contributed by atoms with E-state index in [1.807, 2.05) is 18.2 Å². The summed E-state index contributed by atoms with van der Waals surface area (Å²) in [7, 11) is 0. The molecule has 0 spiro atoms. The maximum Gasteiger partial charge on any atom is 0.210 e. The maximum atomic E-state index is 5.98. The number of benzene rings is 1. The molecule has 1 aliphatic heterocycles. The zero-order valence-corrected chi connectivity index (χ0v) is 9.62. The van der Waals surface area contributed by atoms with Gasteiger partial charge < -0.3 is 9.47 Å². The predicted octanol–water partition coefficient (Wildman–Crippen LogP) is 3.67. The first-order chi connectivity index (χ1) is 7.21. The maximum absolute atomic E-state index is 5.98. The van der Waals surface area contributed by atoms with Crippen LogP contribution < -0.4 is 4.74 Å². The molecule has 1 aliphatic rings. The van der Waals surface area contributed by atoms with Crippen LogP contribution in [-0.2, 0) is 4.74 Å². The van der Waals surface area contributed by atoms with Gasteiger partial charge in [-0.3, -0.25) is 0 Å². The van der Waals surface area contributed by atoms with Gasteiger partial charge in [0.25, 0.3) is 0 Å². The average molecular weight is 206 g/mol. The highest BCUT2D eigenvalue weighted by Crippen LogP contribution is 2.40. The molecule has 1 aromatic carbocycles. The molecular formula is C13H18O2. The predicted molar refractivity (Wildman–Crippen MR) is 59.9 cm³/mol. The van der Waals surface area contributed by atoms with Crippen molar-refractivity contribution in [2.24, 2.45) is 0 Å². The number of fused-ring (bicyclic) bond motifs is 1. The molecule has 82 valence electrons. The normalized spacial score (nSPS) is 23.0. The van der Waals surface area contributed by atoms with Crippen molar-refractivity contribution in [1.29, 1.82) is 0 Å². The van der Waals surface area contributed by atoms with E-state index in [0.29, 0.717) is 0 Å². The van der Waals surface area contributed by atoms with E-state index in [2.05, 4.69) is 26.8 Å². The van der Waals surface area contributed by atoms with E-state index < -0.39 is 5.79 Å². The van der Waals surface area contributed by atoms with Crippen molar-refractivity contribution in [3.05, 3.63) is 29.8 Å². The summed E-state index contributed by atoms with van der Waals surface area (Å²) in [4.78, 5) is 0. The molecular weight excluding hydrogens is 188 g/mol. The summed E-state index contributed by atoms with van der Waals surface area (Å²) in [5.41, 5.74) is 1.15. The molecule has 0 radical (unpaired) electrons. The molecule has 2 rings (SSSR count). The van der Waals surface area contributed by atoms with E-state index in [1.165, 1.54) is 0 Å². The molecule has 0 bridgehead atoms. The van der Waals surface area contributed by atoms with Crippen LogP contribution in [0, 0.1) is 0 Å². The van der Waals surface area contributed by atoms with Crippen molar-refractivity contribution in [3.8, 4) is 5.75 Å². The van der Waals surface area contributed by atoms with Crippen molar-refractivity contribution in [2.75, 3.05) is 0 Å². The van der Waals surface area contributed by atoms with Gasteiger partial charge in [0.1, 0.15) is 5.75 Å². The van der Waals surface area contributed by atoms with Gasteiger partial charge >= 0.3 is 0 Å². The first-order valence-electron chi connectivity index (χ1n) is 5.66. The Morgan fingerprint density at radius 1 is 1.20 bits per heavy atom. The van der Waals surface area contributed by atoms with Crippen molar-refractivity contribution >= 4 is 0 Å². The summed E-state index contributed by atoms with van der Waals surface area (Å²) >= 11 is 0. The topological polar surface area (TPSA) is 18.5 Å². The van der Waals surface area contributed by atoms with E-state index in [-0.39, 0.29) is 6.10 Å². The zero-order chi connectivity index (χ0) is 10.9. The molecule has 0 saturated carbocycles. The van der Waals surface area contributed by atoms with Crippen LogP contribution >= 0.6 is 0 Å². The molecule has 1 atom stereocenters. The number of hydrogen-bond donors (Lipinski definition) is 0. The fourth-order valence-electron chi connectivity index (χ4n) is 2.08. The number of para-hydroxylation sites is 1. The number of rotatable bonds is 2. The Morgan fingerprint density at radius 3 is 2.53 bits per heavy atom. The summed E-state index contributed by atoms with van der Waals surface area (Å²) in [5.74, 6) is 0.549. The molecule has 0 aromatic heterocycles. The molecule has 1 heterocycles. The van der Waals surface area contributed by atoms with Crippen molar-refractivity contribution in [2.45, 2.75) is 45.5 Å². The lowest BCUT2D eigenvalue weighted by Gasteiger charge is -2.40. The van der Waals surface area contributed by atoms with Crippen LogP contribution in [0.25, 0.3) is 0 Å². The van der Waals surface area contributed by atoms with Crippen molar-refractivity contribution < 1.29 is 9.47 Å². The van der Waals surface area contributed by atoms with E-state index in [1.54, 1.807) is 0 Å². The molecule has 2 nitrogen and oxygen atoms in total. The molecule has 1 aromatic rings. The van der Waals surface area contributed by atoms with Gasteiger partial charge in [0.15, 0.2) is 0 Å². The van der Waals surface area contributed by atoms with E-state index >= 15 is 0 Å². The highest BCUT2D eigenvalue weighted by atomic mass is 16.7. The summed E-state index contributed by atoms with van der Waals surface area (Å²) < 4.78 is 11.9. The zero-order valence-electron chi connectivity index (χ0n) is 9.62. The standard InChI is InChI=1S/C13H18O2/c1-4-13(5-2)14-10(3)11-8-6-7-9-12(11)15-13/h6-10H,4-5H2,1-3H3. The first kappa shape index (κ1) is 10.5. The van der Waals surface area contributed by atoms with Gasteiger partial charge in [-0.1, -0.05) is 32.0 Å². The van der Waals surface area contributed by atoms with Crippen LogP contribution in [0.3, 0.4) is 0 Å². The van der Waals surface area contributed by atoms with Crippen LogP contribution in [-0.4, -0.2) is 5.79 Å². The molecule has 1 unspecified atom stereocenters. The summed E-state index contributed by atoms with van der Waals surface area (Å²) in [6.45, 7) is 6.29. The van der Waals surface area contributed by atoms with Gasteiger partial charge in [0.2, 0.25) is 5.79 Å². The van der Waals surface area contributed by atoms with Crippen molar-refractivity contribution in [1.82, 2.24) is 0 Å². The van der Waals surface area contributed by atoms with Crippen LogP contribution in [0.1, 0.15) is 45.3 Å². The lowest BCUT2D eigenvalue weighted by atomic mass is 10.0. The Kier molecular flexibility index (Phi) is 2.70. The fourth-order valence-corrected chi connectivity index (χ4v) is 2.08. The minimum Gasteiger partial charge on any atom is -0.462 e. The van der Waals surface area contributed by atoms with Gasteiger partial charge in [-0.2, -0.15) is 0 Å². The molecule has 0 amide bonds. The Morgan fingerprint density at radius 2 is 1.87 bits per heavy atom. The minimum atomic E-state index is -0.423. The molecule has 2 heteroatoms. The summed E-state index contributed by atoms with van der Waals surface area (Å²) in [6.07, 6.45) is 1.87. The monoisotopic (exact) mass is 206 g/mol. The van der Waals surface area contributed by atoms with Crippen LogP contribution in [0.4, 0.5) is 0 Å². The van der Waals surface area contributed by atoms with Gasteiger partial charge in [-0.15, -0.1) is 0 Å². The largest absolute Gasteiger partial charge is 0.462 e. The molecule has 0 N–H and O–H groups in total. The third kappa shape index (κ3) is 1.74. The average Bonchev–Trinajstić information content (AvgIpc) is 2.29. The second-order valence-electron chi connectivity index (χ2n) is 4.02.